The van der Waals surface area contributed by atoms with Crippen molar-refractivity contribution in [2.75, 3.05) is 11.9 Å². The quantitative estimate of drug-likeness (QED) is 0.348. The fourth-order valence-electron chi connectivity index (χ4n) is 3.98. The second-order valence-corrected chi connectivity index (χ2v) is 9.55. The van der Waals surface area contributed by atoms with Crippen LogP contribution in [0.25, 0.3) is 11.1 Å². The molecule has 1 atom stereocenters. The van der Waals surface area contributed by atoms with Crippen LogP contribution in [0.4, 0.5) is 10.1 Å². The number of nitrogens with one attached hydrogen (secondary N) is 1. The Balaban J connectivity index is 1.65. The highest BCUT2D eigenvalue weighted by atomic mass is 19.1. The Morgan fingerprint density at radius 2 is 1.94 bits per heavy atom. The predicted molar refractivity (Wildman–Crippen MR) is 132 cm³/mol. The summed E-state index contributed by atoms with van der Waals surface area (Å²) >= 11 is 0. The molecule has 1 saturated carbocycles. The molecule has 0 spiro atoms. The molecule has 6 heteroatoms. The van der Waals surface area contributed by atoms with Crippen molar-refractivity contribution in [2.45, 2.75) is 45.8 Å². The Morgan fingerprint density at radius 3 is 2.65 bits per heavy atom. The van der Waals surface area contributed by atoms with Crippen LogP contribution in [0.5, 0.6) is 5.75 Å². The molecule has 1 aliphatic rings. The Kier molecular flexibility index (Phi) is 6.89. The van der Waals surface area contributed by atoms with E-state index in [1.165, 1.54) is 12.8 Å². The van der Waals surface area contributed by atoms with Crippen molar-refractivity contribution in [3.05, 3.63) is 83.2 Å². The maximum absolute atomic E-state index is 15.3. The smallest absolute Gasteiger partial charge is 0.307 e. The number of carbonyl (C=O) groups is 1. The zero-order valence-electron chi connectivity index (χ0n) is 19.6. The van der Waals surface area contributed by atoms with E-state index in [1.807, 2.05) is 30.3 Å². The third-order valence-corrected chi connectivity index (χ3v) is 6.35. The number of nitrogens with two attached hydrogens (primary N) is 1. The van der Waals surface area contributed by atoms with Gasteiger partial charge in [-0.25, -0.2) is 4.39 Å². The Bertz CT molecular complexity index is 1190. The number of aliphatic carboxylic acids is 1. The van der Waals surface area contributed by atoms with Crippen LogP contribution in [0.15, 0.2) is 60.7 Å². The molecule has 5 nitrogen and oxygen atoms in total. The van der Waals surface area contributed by atoms with Crippen LogP contribution in [-0.4, -0.2) is 17.6 Å². The number of hydrogen-bond acceptors (Lipinski definition) is 4. The molecule has 3 aromatic carbocycles. The minimum atomic E-state index is -0.914. The van der Waals surface area contributed by atoms with Crippen LogP contribution in [0, 0.1) is 11.2 Å². The average Bonchev–Trinajstić information content (AvgIpc) is 3.54. The maximum Gasteiger partial charge on any atom is 0.307 e. The summed E-state index contributed by atoms with van der Waals surface area (Å²) in [6.07, 6.45) is 2.28. The van der Waals surface area contributed by atoms with E-state index in [9.17, 15) is 9.90 Å². The molecule has 0 aliphatic heterocycles. The topological polar surface area (TPSA) is 84.6 Å². The van der Waals surface area contributed by atoms with Crippen LogP contribution in [-0.2, 0) is 17.8 Å². The van der Waals surface area contributed by atoms with Gasteiger partial charge in [0.2, 0.25) is 0 Å². The van der Waals surface area contributed by atoms with Gasteiger partial charge in [-0.15, -0.1) is 0 Å². The summed E-state index contributed by atoms with van der Waals surface area (Å²) in [5.74, 6) is -0.703. The SMILES string of the molecule is CC(N)c1cccc(-c2cc(COc3ccccc3CC(=O)O)cc(NCC3(C)CC3)c2)c1F. The van der Waals surface area contributed by atoms with E-state index in [1.54, 1.807) is 37.3 Å². The highest BCUT2D eigenvalue weighted by molar-refractivity contribution is 5.72. The maximum atomic E-state index is 15.3. The van der Waals surface area contributed by atoms with Crippen molar-refractivity contribution >= 4 is 11.7 Å². The molecule has 3 aromatic rings. The van der Waals surface area contributed by atoms with E-state index in [0.29, 0.717) is 27.9 Å². The summed E-state index contributed by atoms with van der Waals surface area (Å²) in [5, 5.41) is 12.7. The number of para-hydroxylation sites is 1. The van der Waals surface area contributed by atoms with Crippen molar-refractivity contribution in [3.63, 3.8) is 0 Å². The molecule has 0 bridgehead atoms. The normalized spacial score (nSPS) is 14.9. The highest BCUT2D eigenvalue weighted by Gasteiger charge is 2.36. The number of carboxylic acid groups (broad SMARTS) is 1. The van der Waals surface area contributed by atoms with Crippen LogP contribution < -0.4 is 15.8 Å². The third-order valence-electron chi connectivity index (χ3n) is 6.35. The van der Waals surface area contributed by atoms with E-state index in [0.717, 1.165) is 23.4 Å². The first-order valence-corrected chi connectivity index (χ1v) is 11.6. The molecule has 0 aromatic heterocycles. The summed E-state index contributed by atoms with van der Waals surface area (Å²) in [6.45, 7) is 5.09. The van der Waals surface area contributed by atoms with Crippen LogP contribution in [0.2, 0.25) is 0 Å². The van der Waals surface area contributed by atoms with Crippen LogP contribution in [0.3, 0.4) is 0 Å². The molecule has 4 rings (SSSR count). The van der Waals surface area contributed by atoms with Gasteiger partial charge in [0, 0.05) is 35.0 Å². The van der Waals surface area contributed by atoms with Gasteiger partial charge in [-0.1, -0.05) is 43.3 Å². The number of ether oxygens (including phenoxy) is 1. The summed E-state index contributed by atoms with van der Waals surface area (Å²) < 4.78 is 21.3. The molecule has 34 heavy (non-hydrogen) atoms. The lowest BCUT2D eigenvalue weighted by atomic mass is 9.97. The average molecular weight is 463 g/mol. The number of hydrogen-bond donors (Lipinski definition) is 3. The molecule has 1 aliphatic carbocycles. The second kappa shape index (κ2) is 9.85. The minimum absolute atomic E-state index is 0.114. The van der Waals surface area contributed by atoms with Gasteiger partial charge in [0.05, 0.1) is 6.42 Å². The molecule has 1 unspecified atom stereocenters. The van der Waals surface area contributed by atoms with Crippen LogP contribution >= 0.6 is 0 Å². The first-order chi connectivity index (χ1) is 16.2. The first kappa shape index (κ1) is 23.8. The molecule has 178 valence electrons. The lowest BCUT2D eigenvalue weighted by Gasteiger charge is -2.17. The lowest BCUT2D eigenvalue weighted by molar-refractivity contribution is -0.136. The summed E-state index contributed by atoms with van der Waals surface area (Å²) in [6, 6.07) is 17.9. The third kappa shape index (κ3) is 5.75. The molecule has 0 amide bonds. The Morgan fingerprint density at radius 1 is 1.18 bits per heavy atom. The predicted octanol–water partition coefficient (Wildman–Crippen LogP) is 5.93. The summed E-state index contributed by atoms with van der Waals surface area (Å²) in [4.78, 5) is 11.2. The zero-order chi connectivity index (χ0) is 24.3. The standard InChI is InChI=1S/C28H31FN2O3/c1-18(30)23-7-5-8-24(27(23)29)21-12-19(13-22(14-21)31-17-28(2)10-11-28)16-34-25-9-4-3-6-20(25)15-26(32)33/h3-9,12-14,18,31H,10-11,15-17,30H2,1-2H3,(H,32,33). The zero-order valence-corrected chi connectivity index (χ0v) is 19.6. The number of benzene rings is 3. The van der Waals surface area contributed by atoms with Gasteiger partial charge in [0.15, 0.2) is 0 Å². The van der Waals surface area contributed by atoms with E-state index < -0.39 is 12.0 Å². The number of halogens is 1. The van der Waals surface area contributed by atoms with E-state index in [-0.39, 0.29) is 18.8 Å². The van der Waals surface area contributed by atoms with Gasteiger partial charge in [-0.2, -0.15) is 0 Å². The largest absolute Gasteiger partial charge is 0.489 e. The Labute approximate surface area is 199 Å². The fourth-order valence-corrected chi connectivity index (χ4v) is 3.98. The van der Waals surface area contributed by atoms with E-state index >= 15 is 4.39 Å². The van der Waals surface area contributed by atoms with Gasteiger partial charge in [-0.05, 0) is 60.6 Å². The van der Waals surface area contributed by atoms with E-state index in [4.69, 9.17) is 10.5 Å². The lowest BCUT2D eigenvalue weighted by Crippen LogP contribution is -2.12. The van der Waals surface area contributed by atoms with Gasteiger partial charge in [0.1, 0.15) is 18.2 Å². The van der Waals surface area contributed by atoms with Crippen molar-refractivity contribution in [1.82, 2.24) is 0 Å². The molecule has 0 heterocycles. The Hall–Kier alpha value is -3.38. The molecular weight excluding hydrogens is 431 g/mol. The summed E-state index contributed by atoms with van der Waals surface area (Å²) in [7, 11) is 0. The molecule has 4 N–H and O–H groups in total. The van der Waals surface area contributed by atoms with Crippen molar-refractivity contribution in [3.8, 4) is 16.9 Å². The fraction of sp³-hybridized carbons (Fsp3) is 0.321. The van der Waals surface area contributed by atoms with Gasteiger partial charge in [-0.3, -0.25) is 4.79 Å². The molecular formula is C28H31FN2O3. The summed E-state index contributed by atoms with van der Waals surface area (Å²) in [5.41, 5.74) is 10.3. The van der Waals surface area contributed by atoms with Crippen LogP contribution in [0.1, 0.15) is 49.4 Å². The number of rotatable bonds is 10. The minimum Gasteiger partial charge on any atom is -0.489 e. The molecule has 0 saturated heterocycles. The monoisotopic (exact) mass is 462 g/mol. The van der Waals surface area contributed by atoms with Gasteiger partial charge >= 0.3 is 5.97 Å². The number of anilines is 1. The van der Waals surface area contributed by atoms with Gasteiger partial charge < -0.3 is 20.9 Å². The van der Waals surface area contributed by atoms with Crippen molar-refractivity contribution in [2.24, 2.45) is 11.1 Å². The second-order valence-electron chi connectivity index (χ2n) is 9.55. The molecule has 1 fully saturated rings. The van der Waals surface area contributed by atoms with E-state index in [2.05, 4.69) is 12.2 Å². The number of carboxylic acids is 1. The van der Waals surface area contributed by atoms with Crippen molar-refractivity contribution < 1.29 is 19.0 Å². The van der Waals surface area contributed by atoms with Gasteiger partial charge in [0.25, 0.3) is 0 Å². The molecule has 0 radical (unpaired) electrons. The van der Waals surface area contributed by atoms with Crippen molar-refractivity contribution in [1.29, 1.82) is 0 Å². The highest BCUT2D eigenvalue weighted by Crippen LogP contribution is 2.45. The first-order valence-electron chi connectivity index (χ1n) is 11.6.